The maximum absolute atomic E-state index is 13.9. The summed E-state index contributed by atoms with van der Waals surface area (Å²) in [5.74, 6) is -0.732. The zero-order chi connectivity index (χ0) is 45.4. The van der Waals surface area contributed by atoms with Gasteiger partial charge in [-0.25, -0.2) is 24.6 Å². The number of aromatic nitrogens is 8. The van der Waals surface area contributed by atoms with Crippen LogP contribution in [0.15, 0.2) is 61.2 Å². The Balaban J connectivity index is 0.000000231. The lowest BCUT2D eigenvalue weighted by atomic mass is 9.99. The van der Waals surface area contributed by atoms with Gasteiger partial charge in [0.15, 0.2) is 11.4 Å². The molecule has 0 saturated heterocycles. The Morgan fingerprint density at radius 1 is 0.557 bits per heavy atom. The van der Waals surface area contributed by atoms with E-state index in [-0.39, 0.29) is 56.9 Å². The third-order valence-electron chi connectivity index (χ3n) is 8.25. The van der Waals surface area contributed by atoms with Gasteiger partial charge >= 0.3 is 24.7 Å². The summed E-state index contributed by atoms with van der Waals surface area (Å²) in [4.78, 5) is 17.0. The number of rotatable bonds is 8. The van der Waals surface area contributed by atoms with Crippen molar-refractivity contribution in [3.05, 3.63) is 99.4 Å². The van der Waals surface area contributed by atoms with Gasteiger partial charge in [-0.15, -0.1) is 0 Å². The molecule has 326 valence electrons. The standard InChI is InChI=1S/C18H14ClF6N5O.C18H13ClF6N4O/c1-29(2)16-12(9-6-10(17(20,21)22)8-11(19)7-9)13(18(23,24)25)28-30(16)14-15(31-3)27-5-4-26-14;1-3-12-13(9-6-10(17(20,21)22)8-11(19)7-9)14(18(23,24)25)28-29(12)15-16(30-2)27-5-4-26-15/h4-8H,1-3H3;4-8H,3H2,1-2H3. The summed E-state index contributed by atoms with van der Waals surface area (Å²) in [7, 11) is 5.32. The van der Waals surface area contributed by atoms with E-state index in [1.54, 1.807) is 0 Å². The average Bonchev–Trinajstić information content (AvgIpc) is 3.78. The average molecular weight is 917 g/mol. The molecule has 25 heteroatoms. The molecule has 0 saturated carbocycles. The van der Waals surface area contributed by atoms with Crippen molar-refractivity contribution in [1.29, 1.82) is 0 Å². The smallest absolute Gasteiger partial charge is 0.435 e. The first-order chi connectivity index (χ1) is 28.3. The van der Waals surface area contributed by atoms with E-state index in [4.69, 9.17) is 32.7 Å². The van der Waals surface area contributed by atoms with Crippen LogP contribution in [0.25, 0.3) is 33.9 Å². The van der Waals surface area contributed by atoms with Crippen LogP contribution < -0.4 is 14.4 Å². The monoisotopic (exact) mass is 915 g/mol. The van der Waals surface area contributed by atoms with Crippen LogP contribution in [0.3, 0.4) is 0 Å². The minimum Gasteiger partial charge on any atom is -0.478 e. The zero-order valence-electron chi connectivity index (χ0n) is 31.6. The number of benzene rings is 2. The van der Waals surface area contributed by atoms with Crippen LogP contribution in [0, 0.1) is 0 Å². The topological polar surface area (TPSA) is 109 Å². The van der Waals surface area contributed by atoms with Gasteiger partial charge in [0.2, 0.25) is 11.6 Å². The number of alkyl halides is 12. The van der Waals surface area contributed by atoms with E-state index >= 15 is 0 Å². The van der Waals surface area contributed by atoms with E-state index in [2.05, 4.69) is 30.1 Å². The Morgan fingerprint density at radius 3 is 1.34 bits per heavy atom. The van der Waals surface area contributed by atoms with Crippen LogP contribution in [0.1, 0.15) is 35.1 Å². The highest BCUT2D eigenvalue weighted by Crippen LogP contribution is 2.46. The number of nitrogens with zero attached hydrogens (tertiary/aromatic N) is 9. The predicted octanol–water partition coefficient (Wildman–Crippen LogP) is 10.7. The summed E-state index contributed by atoms with van der Waals surface area (Å²) >= 11 is 11.6. The fraction of sp³-hybridized carbons (Fsp3) is 0.278. The molecule has 0 unspecified atom stereocenters. The second-order valence-corrected chi connectivity index (χ2v) is 13.4. The quantitative estimate of drug-likeness (QED) is 0.138. The summed E-state index contributed by atoms with van der Waals surface area (Å²) < 4.78 is 174. The lowest BCUT2D eigenvalue weighted by molar-refractivity contribution is -0.141. The van der Waals surface area contributed by atoms with E-state index in [0.717, 1.165) is 21.5 Å². The third-order valence-corrected chi connectivity index (χ3v) is 8.68. The minimum atomic E-state index is -5.00. The summed E-state index contributed by atoms with van der Waals surface area (Å²) in [5, 5.41) is 6.49. The summed E-state index contributed by atoms with van der Waals surface area (Å²) in [6, 6.07) is 4.50. The van der Waals surface area contributed by atoms with Crippen LogP contribution in [-0.2, 0) is 31.1 Å². The molecule has 11 nitrogen and oxygen atoms in total. The van der Waals surface area contributed by atoms with Crippen molar-refractivity contribution in [3.8, 4) is 45.6 Å². The van der Waals surface area contributed by atoms with Crippen molar-refractivity contribution in [2.24, 2.45) is 0 Å². The van der Waals surface area contributed by atoms with Crippen LogP contribution >= 0.6 is 23.2 Å². The molecule has 0 aliphatic rings. The Labute approximate surface area is 346 Å². The molecule has 0 atom stereocenters. The molecule has 2 aromatic carbocycles. The lowest BCUT2D eigenvalue weighted by Gasteiger charge is -2.18. The number of hydrogen-bond donors (Lipinski definition) is 0. The lowest BCUT2D eigenvalue weighted by Crippen LogP contribution is -2.16. The SMILES string of the molecule is CCc1c(-c2cc(Cl)cc(C(F)(F)F)c2)c(C(F)(F)F)nn1-c1nccnc1OC.COc1nccnc1-n1nc(C(F)(F)F)c(-c2cc(Cl)cc(C(F)(F)F)c2)c1N(C)C. The Hall–Kier alpha value is -5.84. The molecule has 0 spiro atoms. The van der Waals surface area contributed by atoms with Gasteiger partial charge in [-0.05, 0) is 53.9 Å². The molecule has 0 aliphatic carbocycles. The van der Waals surface area contributed by atoms with Gasteiger partial charge in [0.25, 0.3) is 11.8 Å². The first-order valence-electron chi connectivity index (χ1n) is 16.8. The molecular weight excluding hydrogens is 889 g/mol. The summed E-state index contributed by atoms with van der Waals surface area (Å²) in [5.41, 5.74) is -7.09. The third kappa shape index (κ3) is 9.87. The van der Waals surface area contributed by atoms with Crippen molar-refractivity contribution in [1.82, 2.24) is 39.5 Å². The van der Waals surface area contributed by atoms with Gasteiger partial charge in [0, 0.05) is 54.5 Å². The van der Waals surface area contributed by atoms with Crippen LogP contribution in [-0.4, -0.2) is 67.8 Å². The highest BCUT2D eigenvalue weighted by atomic mass is 35.5. The van der Waals surface area contributed by atoms with Crippen LogP contribution in [0.5, 0.6) is 11.8 Å². The van der Waals surface area contributed by atoms with Crippen molar-refractivity contribution < 1.29 is 62.2 Å². The molecule has 0 radical (unpaired) electrons. The predicted molar refractivity (Wildman–Crippen MR) is 196 cm³/mol. The molecule has 61 heavy (non-hydrogen) atoms. The van der Waals surface area contributed by atoms with E-state index in [1.165, 1.54) is 64.9 Å². The molecule has 0 aliphatic heterocycles. The number of anilines is 1. The first-order valence-corrected chi connectivity index (χ1v) is 17.6. The molecule has 6 rings (SSSR count). The highest BCUT2D eigenvalue weighted by molar-refractivity contribution is 6.31. The van der Waals surface area contributed by atoms with E-state index in [0.29, 0.717) is 24.3 Å². The molecule has 0 bridgehead atoms. The van der Waals surface area contributed by atoms with E-state index in [1.807, 2.05) is 0 Å². The van der Waals surface area contributed by atoms with E-state index < -0.39 is 63.9 Å². The normalized spacial score (nSPS) is 12.2. The Bertz CT molecular complexity index is 2530. The molecule has 4 heterocycles. The number of hydrogen-bond acceptors (Lipinski definition) is 9. The first kappa shape index (κ1) is 46.2. The fourth-order valence-corrected chi connectivity index (χ4v) is 6.37. The summed E-state index contributed by atoms with van der Waals surface area (Å²) in [6.07, 6.45) is -14.6. The fourth-order valence-electron chi connectivity index (χ4n) is 5.90. The Kier molecular flexibility index (Phi) is 13.1. The van der Waals surface area contributed by atoms with Gasteiger partial charge in [-0.3, -0.25) is 0 Å². The van der Waals surface area contributed by atoms with Gasteiger partial charge in [0.1, 0.15) is 5.82 Å². The largest absolute Gasteiger partial charge is 0.478 e. The second-order valence-electron chi connectivity index (χ2n) is 12.5. The molecular formula is C36H27Cl2F12N9O2. The van der Waals surface area contributed by atoms with Gasteiger partial charge in [0.05, 0.1) is 36.6 Å². The minimum absolute atomic E-state index is 0.00793. The Morgan fingerprint density at radius 2 is 0.951 bits per heavy atom. The molecule has 0 amide bonds. The maximum atomic E-state index is 13.9. The molecule has 0 N–H and O–H groups in total. The van der Waals surface area contributed by atoms with Gasteiger partial charge in [-0.1, -0.05) is 30.1 Å². The van der Waals surface area contributed by atoms with Crippen LogP contribution in [0.4, 0.5) is 58.5 Å². The number of halogens is 14. The van der Waals surface area contributed by atoms with Crippen molar-refractivity contribution in [2.45, 2.75) is 38.0 Å². The van der Waals surface area contributed by atoms with E-state index in [9.17, 15) is 52.7 Å². The highest BCUT2D eigenvalue weighted by Gasteiger charge is 2.43. The molecule has 6 aromatic rings. The second kappa shape index (κ2) is 17.3. The van der Waals surface area contributed by atoms with Gasteiger partial charge < -0.3 is 14.4 Å². The zero-order valence-corrected chi connectivity index (χ0v) is 33.1. The van der Waals surface area contributed by atoms with Crippen molar-refractivity contribution in [2.75, 3.05) is 33.2 Å². The molecule has 4 aromatic heterocycles. The van der Waals surface area contributed by atoms with Gasteiger partial charge in [-0.2, -0.15) is 67.6 Å². The summed E-state index contributed by atoms with van der Waals surface area (Å²) in [6.45, 7) is 1.54. The maximum Gasteiger partial charge on any atom is 0.435 e. The van der Waals surface area contributed by atoms with Crippen LogP contribution in [0.2, 0.25) is 10.0 Å². The van der Waals surface area contributed by atoms with Crippen molar-refractivity contribution in [3.63, 3.8) is 0 Å². The van der Waals surface area contributed by atoms with Crippen molar-refractivity contribution >= 4 is 29.0 Å². The number of ether oxygens (including phenoxy) is 2. The number of methoxy groups -OCH3 is 2. The molecule has 0 fully saturated rings.